The lowest BCUT2D eigenvalue weighted by atomic mass is 9.81. The Morgan fingerprint density at radius 3 is 2.40 bits per heavy atom. The third-order valence-corrected chi connectivity index (χ3v) is 5.11. The van der Waals surface area contributed by atoms with Crippen LogP contribution in [0.5, 0.6) is 0 Å². The number of pyridine rings is 1. The molecular weight excluding hydrogens is 312 g/mol. The highest BCUT2D eigenvalue weighted by Crippen LogP contribution is 2.32. The van der Waals surface area contributed by atoms with Crippen LogP contribution in [-0.4, -0.2) is 35.4 Å². The molecule has 1 heterocycles. The highest BCUT2D eigenvalue weighted by Gasteiger charge is 2.28. The molecule has 0 fully saturated rings. The number of likely N-dealkylation sites (N-methyl/N-ethyl adjacent to an activating group) is 1. The fraction of sp³-hybridized carbons (Fsp3) is 0.706. The van der Waals surface area contributed by atoms with Gasteiger partial charge in [-0.2, -0.15) is 0 Å². The summed E-state index contributed by atoms with van der Waals surface area (Å²) in [6.07, 6.45) is 8.06. The first kappa shape index (κ1) is 17.6. The number of alkyl halides is 1. The van der Waals surface area contributed by atoms with E-state index in [2.05, 4.69) is 58.8 Å². The zero-order chi connectivity index (χ0) is 14.8. The standard InChI is InChI=1S/C17H29BrN2/c1-4-10-17(14-18,11-5-2)15-20(3)13-9-16-8-6-7-12-19-16/h6-8,12H,4-5,9-11,13-15H2,1-3H3. The number of rotatable bonds is 10. The summed E-state index contributed by atoms with van der Waals surface area (Å²) in [5.74, 6) is 0. The van der Waals surface area contributed by atoms with Crippen molar-refractivity contribution in [3.05, 3.63) is 30.1 Å². The highest BCUT2D eigenvalue weighted by atomic mass is 79.9. The maximum atomic E-state index is 4.40. The zero-order valence-electron chi connectivity index (χ0n) is 13.2. The maximum Gasteiger partial charge on any atom is 0.0416 e. The molecule has 0 radical (unpaired) electrons. The van der Waals surface area contributed by atoms with Gasteiger partial charge in [0.25, 0.3) is 0 Å². The van der Waals surface area contributed by atoms with Crippen LogP contribution in [0.15, 0.2) is 24.4 Å². The minimum atomic E-state index is 0.433. The minimum Gasteiger partial charge on any atom is -0.305 e. The molecule has 0 unspecified atom stereocenters. The quantitative estimate of drug-likeness (QED) is 0.581. The van der Waals surface area contributed by atoms with Crippen molar-refractivity contribution in [3.8, 4) is 0 Å². The van der Waals surface area contributed by atoms with Crippen LogP contribution in [0.1, 0.15) is 45.2 Å². The van der Waals surface area contributed by atoms with Gasteiger partial charge in [-0.25, -0.2) is 0 Å². The van der Waals surface area contributed by atoms with Crippen LogP contribution < -0.4 is 0 Å². The number of aromatic nitrogens is 1. The SMILES string of the molecule is CCCC(CBr)(CCC)CN(C)CCc1ccccn1. The van der Waals surface area contributed by atoms with Gasteiger partial charge in [-0.05, 0) is 37.4 Å². The molecule has 0 aliphatic heterocycles. The number of nitrogens with zero attached hydrogens (tertiary/aromatic N) is 2. The first-order valence-corrected chi connectivity index (χ1v) is 8.92. The van der Waals surface area contributed by atoms with E-state index in [9.17, 15) is 0 Å². The van der Waals surface area contributed by atoms with Gasteiger partial charge in [0.1, 0.15) is 0 Å². The van der Waals surface area contributed by atoms with Crippen molar-refractivity contribution >= 4 is 15.9 Å². The predicted octanol–water partition coefficient (Wildman–Crippen LogP) is 4.54. The fourth-order valence-electron chi connectivity index (χ4n) is 3.02. The molecule has 3 heteroatoms. The summed E-state index contributed by atoms with van der Waals surface area (Å²) in [5, 5.41) is 1.11. The molecule has 0 aliphatic rings. The molecule has 20 heavy (non-hydrogen) atoms. The highest BCUT2D eigenvalue weighted by molar-refractivity contribution is 9.09. The summed E-state index contributed by atoms with van der Waals surface area (Å²) in [4.78, 5) is 6.88. The van der Waals surface area contributed by atoms with E-state index in [-0.39, 0.29) is 0 Å². The lowest BCUT2D eigenvalue weighted by Gasteiger charge is -2.36. The monoisotopic (exact) mass is 340 g/mol. The summed E-state index contributed by atoms with van der Waals surface area (Å²) in [6.45, 7) is 6.84. The first-order valence-electron chi connectivity index (χ1n) is 7.80. The topological polar surface area (TPSA) is 16.1 Å². The van der Waals surface area contributed by atoms with Crippen LogP contribution in [0.4, 0.5) is 0 Å². The summed E-state index contributed by atoms with van der Waals surface area (Å²) in [6, 6.07) is 6.16. The third-order valence-electron chi connectivity index (χ3n) is 3.93. The Hall–Kier alpha value is -0.410. The molecule has 1 aromatic rings. The molecule has 0 amide bonds. The zero-order valence-corrected chi connectivity index (χ0v) is 14.8. The largest absolute Gasteiger partial charge is 0.305 e. The molecule has 0 saturated carbocycles. The van der Waals surface area contributed by atoms with Crippen molar-refractivity contribution < 1.29 is 0 Å². The molecule has 0 bridgehead atoms. The fourth-order valence-corrected chi connectivity index (χ4v) is 3.76. The van der Waals surface area contributed by atoms with Crippen molar-refractivity contribution in [2.75, 3.05) is 25.5 Å². The van der Waals surface area contributed by atoms with Gasteiger partial charge in [0.15, 0.2) is 0 Å². The van der Waals surface area contributed by atoms with Gasteiger partial charge in [0, 0.05) is 36.7 Å². The Kier molecular flexibility index (Phi) is 8.39. The Morgan fingerprint density at radius 2 is 1.90 bits per heavy atom. The molecule has 0 N–H and O–H groups in total. The van der Waals surface area contributed by atoms with Gasteiger partial charge < -0.3 is 4.90 Å². The van der Waals surface area contributed by atoms with Crippen LogP contribution in [0, 0.1) is 5.41 Å². The van der Waals surface area contributed by atoms with Crippen LogP contribution in [-0.2, 0) is 6.42 Å². The van der Waals surface area contributed by atoms with Crippen molar-refractivity contribution in [2.45, 2.75) is 46.0 Å². The molecular formula is C17H29BrN2. The van der Waals surface area contributed by atoms with Crippen LogP contribution >= 0.6 is 15.9 Å². The van der Waals surface area contributed by atoms with Gasteiger partial charge in [-0.1, -0.05) is 48.7 Å². The Balaban J connectivity index is 2.50. The maximum absolute atomic E-state index is 4.40. The van der Waals surface area contributed by atoms with E-state index in [4.69, 9.17) is 0 Å². The van der Waals surface area contributed by atoms with E-state index in [0.29, 0.717) is 5.41 Å². The Labute approximate surface area is 133 Å². The van der Waals surface area contributed by atoms with Crippen molar-refractivity contribution in [3.63, 3.8) is 0 Å². The van der Waals surface area contributed by atoms with E-state index in [1.165, 1.54) is 37.9 Å². The predicted molar refractivity (Wildman–Crippen MR) is 91.5 cm³/mol. The van der Waals surface area contributed by atoms with E-state index in [0.717, 1.165) is 18.3 Å². The molecule has 1 rings (SSSR count). The first-order chi connectivity index (χ1) is 9.65. The summed E-state index contributed by atoms with van der Waals surface area (Å²) in [5.41, 5.74) is 1.62. The lowest BCUT2D eigenvalue weighted by molar-refractivity contribution is 0.171. The minimum absolute atomic E-state index is 0.433. The normalized spacial score (nSPS) is 12.1. The Morgan fingerprint density at radius 1 is 1.20 bits per heavy atom. The summed E-state index contributed by atoms with van der Waals surface area (Å²) >= 11 is 3.76. The van der Waals surface area contributed by atoms with E-state index >= 15 is 0 Å². The van der Waals surface area contributed by atoms with Crippen molar-refractivity contribution in [1.82, 2.24) is 9.88 Å². The third kappa shape index (κ3) is 5.92. The average Bonchev–Trinajstić information content (AvgIpc) is 2.46. The van der Waals surface area contributed by atoms with E-state index in [1.54, 1.807) is 0 Å². The van der Waals surface area contributed by atoms with Gasteiger partial charge in [0.05, 0.1) is 0 Å². The van der Waals surface area contributed by atoms with E-state index in [1.807, 2.05) is 12.3 Å². The molecule has 0 aromatic carbocycles. The Bertz CT molecular complexity index is 347. The van der Waals surface area contributed by atoms with Gasteiger partial charge in [0.2, 0.25) is 0 Å². The van der Waals surface area contributed by atoms with Crippen LogP contribution in [0.3, 0.4) is 0 Å². The van der Waals surface area contributed by atoms with Gasteiger partial charge >= 0.3 is 0 Å². The molecule has 0 aliphatic carbocycles. The van der Waals surface area contributed by atoms with Crippen molar-refractivity contribution in [1.29, 1.82) is 0 Å². The smallest absolute Gasteiger partial charge is 0.0416 e. The van der Waals surface area contributed by atoms with Crippen LogP contribution in [0.25, 0.3) is 0 Å². The second-order valence-corrected chi connectivity index (χ2v) is 6.50. The number of hydrogen-bond acceptors (Lipinski definition) is 2. The molecule has 0 spiro atoms. The molecule has 2 nitrogen and oxygen atoms in total. The average molecular weight is 341 g/mol. The lowest BCUT2D eigenvalue weighted by Crippen LogP contribution is -2.38. The molecule has 114 valence electrons. The summed E-state index contributed by atoms with van der Waals surface area (Å²) in [7, 11) is 2.24. The second-order valence-electron chi connectivity index (χ2n) is 5.94. The van der Waals surface area contributed by atoms with E-state index < -0.39 is 0 Å². The molecule has 0 atom stereocenters. The van der Waals surface area contributed by atoms with Crippen LogP contribution in [0.2, 0.25) is 0 Å². The summed E-state index contributed by atoms with van der Waals surface area (Å²) < 4.78 is 0. The second kappa shape index (κ2) is 9.51. The van der Waals surface area contributed by atoms with Gasteiger partial charge in [-0.3, -0.25) is 4.98 Å². The van der Waals surface area contributed by atoms with Gasteiger partial charge in [-0.15, -0.1) is 0 Å². The number of hydrogen-bond donors (Lipinski definition) is 0. The number of halogens is 1. The van der Waals surface area contributed by atoms with Crippen molar-refractivity contribution in [2.24, 2.45) is 5.41 Å². The molecule has 1 aromatic heterocycles. The molecule has 0 saturated heterocycles.